The molecule has 3 heterocycles. The molecule has 2 aromatic rings. The Hall–Kier alpha value is -1.76. The zero-order valence-corrected chi connectivity index (χ0v) is 9.85. The first-order valence-electron chi connectivity index (χ1n) is 5.41. The van der Waals surface area contributed by atoms with Gasteiger partial charge in [0.05, 0.1) is 17.9 Å². The van der Waals surface area contributed by atoms with E-state index in [9.17, 15) is 4.79 Å². The molecule has 0 saturated carbocycles. The topological polar surface area (TPSA) is 72.7 Å². The van der Waals surface area contributed by atoms with Crippen LogP contribution in [0.2, 0.25) is 0 Å². The molecule has 0 fully saturated rings. The smallest absolute Gasteiger partial charge is 0.272 e. The first-order chi connectivity index (χ1) is 8.33. The number of rotatable bonds is 2. The van der Waals surface area contributed by atoms with Gasteiger partial charge in [0.2, 0.25) is 0 Å². The van der Waals surface area contributed by atoms with Crippen LogP contribution in [0.25, 0.3) is 0 Å². The molecule has 0 aromatic carbocycles. The fourth-order valence-electron chi connectivity index (χ4n) is 2.01. The Morgan fingerprint density at radius 1 is 1.59 bits per heavy atom. The highest BCUT2D eigenvalue weighted by Crippen LogP contribution is 2.13. The summed E-state index contributed by atoms with van der Waals surface area (Å²) in [6.07, 6.45) is 7.04. The molecule has 1 amide bonds. The predicted octanol–water partition coefficient (Wildman–Crippen LogP) is 0.479. The van der Waals surface area contributed by atoms with Crippen molar-refractivity contribution in [1.82, 2.24) is 23.6 Å². The molecular weight excluding hydrogens is 238 g/mol. The van der Waals surface area contributed by atoms with Crippen molar-refractivity contribution in [3.8, 4) is 0 Å². The fraction of sp³-hybridized carbons (Fsp3) is 0.400. The minimum atomic E-state index is -0.146. The summed E-state index contributed by atoms with van der Waals surface area (Å²) in [7, 11) is 0. The van der Waals surface area contributed by atoms with Crippen LogP contribution in [0.4, 0.5) is 0 Å². The quantitative estimate of drug-likeness (QED) is 0.840. The molecule has 0 aliphatic carbocycles. The molecular formula is C10H11N5OS. The Labute approximate surface area is 102 Å². The van der Waals surface area contributed by atoms with E-state index in [1.165, 1.54) is 6.20 Å². The molecule has 0 spiro atoms. The van der Waals surface area contributed by atoms with E-state index in [4.69, 9.17) is 0 Å². The molecule has 2 aromatic heterocycles. The van der Waals surface area contributed by atoms with Gasteiger partial charge in [-0.3, -0.25) is 4.79 Å². The number of hydrogen-bond acceptors (Lipinski definition) is 5. The van der Waals surface area contributed by atoms with E-state index < -0.39 is 0 Å². The number of aryl methyl sites for hydroxylation is 1. The first-order valence-corrected chi connectivity index (χ1v) is 6.14. The maximum absolute atomic E-state index is 11.8. The third kappa shape index (κ3) is 2.05. The molecule has 1 aliphatic rings. The van der Waals surface area contributed by atoms with Crippen molar-refractivity contribution in [2.75, 3.05) is 0 Å². The number of fused-ring (bicyclic) bond motifs is 1. The molecule has 0 bridgehead atoms. The van der Waals surface area contributed by atoms with E-state index in [1.807, 2.05) is 6.20 Å². The van der Waals surface area contributed by atoms with Crippen LogP contribution in [0.3, 0.4) is 0 Å². The van der Waals surface area contributed by atoms with Crippen LogP contribution < -0.4 is 5.32 Å². The van der Waals surface area contributed by atoms with E-state index >= 15 is 0 Å². The minimum Gasteiger partial charge on any atom is -0.346 e. The number of aromatic nitrogens is 4. The molecule has 0 saturated heterocycles. The molecule has 0 radical (unpaired) electrons. The maximum atomic E-state index is 11.8. The van der Waals surface area contributed by atoms with Crippen molar-refractivity contribution in [3.63, 3.8) is 0 Å². The van der Waals surface area contributed by atoms with Crippen molar-refractivity contribution in [3.05, 3.63) is 30.1 Å². The Morgan fingerprint density at radius 2 is 2.53 bits per heavy atom. The second-order valence-electron chi connectivity index (χ2n) is 4.00. The molecule has 1 N–H and O–H groups in total. The zero-order chi connectivity index (χ0) is 11.7. The van der Waals surface area contributed by atoms with Crippen molar-refractivity contribution >= 4 is 17.6 Å². The van der Waals surface area contributed by atoms with Gasteiger partial charge in [-0.05, 0) is 6.42 Å². The first kappa shape index (κ1) is 10.4. The summed E-state index contributed by atoms with van der Waals surface area (Å²) in [6, 6.07) is 0.144. The number of imidazole rings is 1. The van der Waals surface area contributed by atoms with Crippen LogP contribution in [0, 0.1) is 0 Å². The van der Waals surface area contributed by atoms with Gasteiger partial charge in [-0.1, -0.05) is 0 Å². The Balaban J connectivity index is 1.66. The van der Waals surface area contributed by atoms with E-state index in [-0.39, 0.29) is 11.9 Å². The second kappa shape index (κ2) is 4.25. The lowest BCUT2D eigenvalue weighted by molar-refractivity contribution is 0.0923. The van der Waals surface area contributed by atoms with Crippen molar-refractivity contribution < 1.29 is 4.79 Å². The van der Waals surface area contributed by atoms with Gasteiger partial charge in [-0.2, -0.15) is 8.75 Å². The molecule has 7 heteroatoms. The van der Waals surface area contributed by atoms with Crippen molar-refractivity contribution in [2.24, 2.45) is 0 Å². The lowest BCUT2D eigenvalue weighted by Gasteiger charge is -2.24. The summed E-state index contributed by atoms with van der Waals surface area (Å²) in [5, 5.41) is 2.97. The van der Waals surface area contributed by atoms with Gasteiger partial charge < -0.3 is 9.88 Å². The fourth-order valence-corrected chi connectivity index (χ4v) is 2.42. The summed E-state index contributed by atoms with van der Waals surface area (Å²) >= 11 is 1.04. The van der Waals surface area contributed by atoms with Crippen LogP contribution >= 0.6 is 11.7 Å². The molecule has 1 aliphatic heterocycles. The van der Waals surface area contributed by atoms with Gasteiger partial charge in [-0.25, -0.2) is 4.98 Å². The van der Waals surface area contributed by atoms with Crippen LogP contribution in [0.15, 0.2) is 18.6 Å². The highest BCUT2D eigenvalue weighted by atomic mass is 32.1. The standard InChI is InChI=1S/C10H11N5OS/c16-10(8-5-12-17-14-8)13-7-1-2-9-11-3-4-15(9)6-7/h3-5,7H,1-2,6H2,(H,13,16). The van der Waals surface area contributed by atoms with Gasteiger partial charge in [0.25, 0.3) is 5.91 Å². The molecule has 88 valence electrons. The highest BCUT2D eigenvalue weighted by molar-refractivity contribution is 6.99. The number of nitrogens with zero attached hydrogens (tertiary/aromatic N) is 4. The zero-order valence-electron chi connectivity index (χ0n) is 9.04. The average Bonchev–Trinajstić information content (AvgIpc) is 2.99. The summed E-state index contributed by atoms with van der Waals surface area (Å²) in [5.74, 6) is 0.943. The van der Waals surface area contributed by atoms with E-state index in [1.54, 1.807) is 6.20 Å². The minimum absolute atomic E-state index is 0.144. The molecule has 1 unspecified atom stereocenters. The van der Waals surface area contributed by atoms with E-state index in [0.717, 1.165) is 36.9 Å². The highest BCUT2D eigenvalue weighted by Gasteiger charge is 2.21. The Morgan fingerprint density at radius 3 is 3.35 bits per heavy atom. The van der Waals surface area contributed by atoms with Gasteiger partial charge >= 0.3 is 0 Å². The van der Waals surface area contributed by atoms with Gasteiger partial charge in [0, 0.05) is 31.4 Å². The number of hydrogen-bond donors (Lipinski definition) is 1. The number of carbonyl (C=O) groups excluding carboxylic acids is 1. The monoisotopic (exact) mass is 249 g/mol. The number of carbonyl (C=O) groups is 1. The predicted molar refractivity (Wildman–Crippen MR) is 61.7 cm³/mol. The van der Waals surface area contributed by atoms with Crippen molar-refractivity contribution in [2.45, 2.75) is 25.4 Å². The number of amides is 1. The SMILES string of the molecule is O=C(NC1CCc2nccn2C1)c1cnsn1. The van der Waals surface area contributed by atoms with Crippen LogP contribution in [-0.4, -0.2) is 30.2 Å². The van der Waals surface area contributed by atoms with Crippen LogP contribution in [0.1, 0.15) is 22.7 Å². The Kier molecular flexibility index (Phi) is 2.60. The maximum Gasteiger partial charge on any atom is 0.272 e. The van der Waals surface area contributed by atoms with Crippen molar-refractivity contribution in [1.29, 1.82) is 0 Å². The third-order valence-electron chi connectivity index (χ3n) is 2.86. The Bertz CT molecular complexity index is 521. The summed E-state index contributed by atoms with van der Waals surface area (Å²) in [6.45, 7) is 0.776. The van der Waals surface area contributed by atoms with Crippen LogP contribution in [-0.2, 0) is 13.0 Å². The van der Waals surface area contributed by atoms with Gasteiger partial charge in [0.1, 0.15) is 5.82 Å². The summed E-state index contributed by atoms with van der Waals surface area (Å²) in [4.78, 5) is 16.0. The average molecular weight is 249 g/mol. The molecule has 1 atom stereocenters. The molecule has 6 nitrogen and oxygen atoms in total. The van der Waals surface area contributed by atoms with E-state index in [0.29, 0.717) is 5.69 Å². The summed E-state index contributed by atoms with van der Waals surface area (Å²) in [5.41, 5.74) is 0.395. The number of nitrogens with one attached hydrogen (secondary N) is 1. The van der Waals surface area contributed by atoms with Crippen LogP contribution in [0.5, 0.6) is 0 Å². The van der Waals surface area contributed by atoms with Gasteiger partial charge in [-0.15, -0.1) is 0 Å². The third-order valence-corrected chi connectivity index (χ3v) is 3.34. The lowest BCUT2D eigenvalue weighted by Crippen LogP contribution is -2.41. The molecule has 17 heavy (non-hydrogen) atoms. The normalized spacial score (nSPS) is 18.7. The van der Waals surface area contributed by atoms with Gasteiger partial charge in [0.15, 0.2) is 5.69 Å². The largest absolute Gasteiger partial charge is 0.346 e. The summed E-state index contributed by atoms with van der Waals surface area (Å²) < 4.78 is 9.81. The van der Waals surface area contributed by atoms with E-state index in [2.05, 4.69) is 23.6 Å². The molecule has 3 rings (SSSR count). The second-order valence-corrected chi connectivity index (χ2v) is 4.55. The lowest BCUT2D eigenvalue weighted by atomic mass is 10.1.